The number of thiophene rings is 1. The number of nitrogens with zero attached hydrogens (tertiary/aromatic N) is 2. The van der Waals surface area contributed by atoms with Gasteiger partial charge in [-0.3, -0.25) is 4.79 Å². The first-order valence-electron chi connectivity index (χ1n) is 6.20. The van der Waals surface area contributed by atoms with Crippen LogP contribution in [0.1, 0.15) is 15.4 Å². The molecule has 18 heavy (non-hydrogen) atoms. The second-order valence-electron chi connectivity index (χ2n) is 4.92. The Morgan fingerprint density at radius 3 is 2.67 bits per heavy atom. The number of hydrogen-bond donors (Lipinski definition) is 1. The number of carbonyl (C=O) groups excluding carboxylic acids is 1. The molecule has 0 atom stereocenters. The molecule has 3 rings (SSSR count). The molecule has 1 aliphatic heterocycles. The first kappa shape index (κ1) is 11.7. The Morgan fingerprint density at radius 1 is 1.28 bits per heavy atom. The van der Waals surface area contributed by atoms with E-state index in [0.717, 1.165) is 42.1 Å². The summed E-state index contributed by atoms with van der Waals surface area (Å²) in [6.45, 7) is 5.64. The Bertz CT molecular complexity index is 547. The Hall–Kier alpha value is -1.33. The fraction of sp³-hybridized carbons (Fsp3) is 0.462. The number of rotatable bonds is 1. The molecule has 1 amide bonds. The smallest absolute Gasteiger partial charge is 0.270 e. The van der Waals surface area contributed by atoms with E-state index >= 15 is 0 Å². The van der Waals surface area contributed by atoms with E-state index < -0.39 is 0 Å². The number of fused-ring (bicyclic) bond motifs is 1. The van der Waals surface area contributed by atoms with Gasteiger partial charge in [0.2, 0.25) is 0 Å². The van der Waals surface area contributed by atoms with Crippen LogP contribution in [0.4, 0.5) is 0 Å². The summed E-state index contributed by atoms with van der Waals surface area (Å²) in [7, 11) is 2.09. The normalized spacial score (nSPS) is 17.6. The van der Waals surface area contributed by atoms with E-state index in [1.165, 1.54) is 4.88 Å². The Labute approximate surface area is 110 Å². The molecule has 4 nitrogen and oxygen atoms in total. The Kier molecular flexibility index (Phi) is 2.87. The number of amides is 1. The van der Waals surface area contributed by atoms with Crippen LogP contribution in [0, 0.1) is 6.92 Å². The van der Waals surface area contributed by atoms with Crippen molar-refractivity contribution in [3.63, 3.8) is 0 Å². The molecule has 5 heteroatoms. The van der Waals surface area contributed by atoms with Crippen LogP contribution in [0.15, 0.2) is 12.1 Å². The van der Waals surface area contributed by atoms with Crippen LogP contribution in [0.25, 0.3) is 10.2 Å². The summed E-state index contributed by atoms with van der Waals surface area (Å²) in [5.74, 6) is 0.129. The molecule has 0 unspecified atom stereocenters. The van der Waals surface area contributed by atoms with Gasteiger partial charge >= 0.3 is 0 Å². The summed E-state index contributed by atoms with van der Waals surface area (Å²) < 4.78 is 0. The van der Waals surface area contributed by atoms with E-state index in [1.807, 2.05) is 11.0 Å². The van der Waals surface area contributed by atoms with Crippen LogP contribution in [0.3, 0.4) is 0 Å². The van der Waals surface area contributed by atoms with Crippen LogP contribution in [0.2, 0.25) is 0 Å². The molecule has 0 aliphatic carbocycles. The van der Waals surface area contributed by atoms with Crippen LogP contribution in [0.5, 0.6) is 0 Å². The molecule has 2 aromatic rings. The van der Waals surface area contributed by atoms with Gasteiger partial charge in [0.1, 0.15) is 10.5 Å². The zero-order valence-corrected chi connectivity index (χ0v) is 11.5. The van der Waals surface area contributed by atoms with Crippen molar-refractivity contribution < 1.29 is 4.79 Å². The van der Waals surface area contributed by atoms with E-state index in [0.29, 0.717) is 0 Å². The lowest BCUT2D eigenvalue weighted by Crippen LogP contribution is -2.47. The number of likely N-dealkylation sites (N-methyl/N-ethyl adjacent to an activating group) is 1. The van der Waals surface area contributed by atoms with Crippen LogP contribution in [-0.2, 0) is 0 Å². The summed E-state index contributed by atoms with van der Waals surface area (Å²) in [5.41, 5.74) is 0.723. The summed E-state index contributed by atoms with van der Waals surface area (Å²) in [6.07, 6.45) is 0. The van der Waals surface area contributed by atoms with E-state index in [2.05, 4.69) is 29.9 Å². The van der Waals surface area contributed by atoms with Crippen molar-refractivity contribution in [2.24, 2.45) is 0 Å². The molecule has 0 spiro atoms. The first-order valence-corrected chi connectivity index (χ1v) is 7.02. The highest BCUT2D eigenvalue weighted by molar-refractivity contribution is 7.18. The maximum Gasteiger partial charge on any atom is 0.270 e. The van der Waals surface area contributed by atoms with Crippen molar-refractivity contribution in [2.75, 3.05) is 33.2 Å². The van der Waals surface area contributed by atoms with Crippen molar-refractivity contribution in [3.05, 3.63) is 22.7 Å². The fourth-order valence-electron chi connectivity index (χ4n) is 2.35. The predicted molar refractivity (Wildman–Crippen MR) is 74.3 cm³/mol. The number of H-pyrrole nitrogens is 1. The molecule has 0 bridgehead atoms. The van der Waals surface area contributed by atoms with Gasteiger partial charge in [-0.2, -0.15) is 0 Å². The minimum atomic E-state index is 0.129. The number of hydrogen-bond acceptors (Lipinski definition) is 3. The quantitative estimate of drug-likeness (QED) is 0.854. The topological polar surface area (TPSA) is 39.3 Å². The van der Waals surface area contributed by atoms with Crippen LogP contribution < -0.4 is 0 Å². The van der Waals surface area contributed by atoms with Gasteiger partial charge in [-0.25, -0.2) is 0 Å². The zero-order chi connectivity index (χ0) is 12.7. The van der Waals surface area contributed by atoms with E-state index in [9.17, 15) is 4.79 Å². The predicted octanol–water partition coefficient (Wildman–Crippen LogP) is 1.93. The van der Waals surface area contributed by atoms with Gasteiger partial charge < -0.3 is 14.8 Å². The molecule has 0 aromatic carbocycles. The number of carbonyl (C=O) groups is 1. The number of piperazine rings is 1. The van der Waals surface area contributed by atoms with Crippen molar-refractivity contribution in [2.45, 2.75) is 6.92 Å². The van der Waals surface area contributed by atoms with Crippen LogP contribution in [-0.4, -0.2) is 53.9 Å². The fourth-order valence-corrected chi connectivity index (χ4v) is 3.25. The number of aromatic amines is 1. The number of aryl methyl sites for hydroxylation is 1. The monoisotopic (exact) mass is 263 g/mol. The molecule has 1 aliphatic rings. The summed E-state index contributed by atoms with van der Waals surface area (Å²) in [4.78, 5) is 22.1. The summed E-state index contributed by atoms with van der Waals surface area (Å²) in [5, 5.41) is 1.15. The highest BCUT2D eigenvalue weighted by Gasteiger charge is 2.21. The SMILES string of the molecule is Cc1cc2cc(C(=O)N3CCN(C)CC3)[nH]c2s1. The van der Waals surface area contributed by atoms with Gasteiger partial charge in [0.15, 0.2) is 0 Å². The number of aromatic nitrogens is 1. The summed E-state index contributed by atoms with van der Waals surface area (Å²) in [6, 6.07) is 4.09. The molecule has 0 saturated carbocycles. The Balaban J connectivity index is 1.81. The van der Waals surface area contributed by atoms with Gasteiger partial charge in [-0.05, 0) is 26.1 Å². The van der Waals surface area contributed by atoms with Gasteiger partial charge in [-0.1, -0.05) is 0 Å². The van der Waals surface area contributed by atoms with Crippen LogP contribution >= 0.6 is 11.3 Å². The van der Waals surface area contributed by atoms with E-state index in [-0.39, 0.29) is 5.91 Å². The molecule has 96 valence electrons. The zero-order valence-electron chi connectivity index (χ0n) is 10.7. The van der Waals surface area contributed by atoms with Gasteiger partial charge in [0, 0.05) is 36.4 Å². The van der Waals surface area contributed by atoms with Gasteiger partial charge in [0.25, 0.3) is 5.91 Å². The minimum absolute atomic E-state index is 0.129. The standard InChI is InChI=1S/C13H17N3OS/c1-9-7-10-8-11(14-12(10)18-9)13(17)16-5-3-15(2)4-6-16/h7-8,14H,3-6H2,1-2H3. The molecule has 3 heterocycles. The average Bonchev–Trinajstić information content (AvgIpc) is 2.86. The third-order valence-corrected chi connectivity index (χ3v) is 4.43. The maximum atomic E-state index is 12.3. The molecular formula is C13H17N3OS. The molecule has 1 saturated heterocycles. The molecule has 2 aromatic heterocycles. The lowest BCUT2D eigenvalue weighted by molar-refractivity contribution is 0.0659. The first-order chi connectivity index (χ1) is 8.63. The van der Waals surface area contributed by atoms with E-state index in [1.54, 1.807) is 11.3 Å². The largest absolute Gasteiger partial charge is 0.342 e. The van der Waals surface area contributed by atoms with Crippen molar-refractivity contribution in [3.8, 4) is 0 Å². The summed E-state index contributed by atoms with van der Waals surface area (Å²) >= 11 is 1.70. The second-order valence-corrected chi connectivity index (χ2v) is 6.18. The third-order valence-electron chi connectivity index (χ3n) is 3.45. The third kappa shape index (κ3) is 2.04. The molecule has 1 fully saturated rings. The lowest BCUT2D eigenvalue weighted by atomic mass is 10.2. The molecular weight excluding hydrogens is 246 g/mol. The maximum absolute atomic E-state index is 12.3. The minimum Gasteiger partial charge on any atom is -0.342 e. The average molecular weight is 263 g/mol. The van der Waals surface area contributed by atoms with Gasteiger partial charge in [-0.15, -0.1) is 11.3 Å². The number of nitrogens with one attached hydrogen (secondary N) is 1. The highest BCUT2D eigenvalue weighted by Crippen LogP contribution is 2.25. The Morgan fingerprint density at radius 2 is 2.00 bits per heavy atom. The van der Waals surface area contributed by atoms with Crippen molar-refractivity contribution in [1.29, 1.82) is 0 Å². The highest BCUT2D eigenvalue weighted by atomic mass is 32.1. The lowest BCUT2D eigenvalue weighted by Gasteiger charge is -2.32. The second kappa shape index (κ2) is 4.40. The molecule has 0 radical (unpaired) electrons. The molecule has 1 N–H and O–H groups in total. The van der Waals surface area contributed by atoms with E-state index in [4.69, 9.17) is 0 Å². The van der Waals surface area contributed by atoms with Gasteiger partial charge in [0.05, 0.1) is 0 Å². The van der Waals surface area contributed by atoms with Crippen molar-refractivity contribution >= 4 is 27.5 Å². The van der Waals surface area contributed by atoms with Crippen molar-refractivity contribution in [1.82, 2.24) is 14.8 Å².